The van der Waals surface area contributed by atoms with E-state index >= 15 is 0 Å². The van der Waals surface area contributed by atoms with Gasteiger partial charge in [0.1, 0.15) is 5.60 Å². The van der Waals surface area contributed by atoms with Gasteiger partial charge in [0.2, 0.25) is 0 Å². The molecule has 2 aromatic rings. The van der Waals surface area contributed by atoms with Crippen LogP contribution < -0.4 is 16.0 Å². The normalized spacial score (nSPS) is 11.5. The van der Waals surface area contributed by atoms with Crippen molar-refractivity contribution in [2.24, 2.45) is 4.99 Å². The minimum atomic E-state index is -0.515. The summed E-state index contributed by atoms with van der Waals surface area (Å²) >= 11 is 1.69. The molecule has 172 valence electrons. The van der Waals surface area contributed by atoms with Gasteiger partial charge in [-0.15, -0.1) is 35.3 Å². The lowest BCUT2D eigenvalue weighted by atomic mass is 10.1. The van der Waals surface area contributed by atoms with Crippen molar-refractivity contribution in [3.8, 4) is 0 Å². The number of aromatic nitrogens is 1. The Morgan fingerprint density at radius 3 is 2.39 bits per heavy atom. The third kappa shape index (κ3) is 10.3. The lowest BCUT2D eigenvalue weighted by Crippen LogP contribution is -2.38. The van der Waals surface area contributed by atoms with Crippen LogP contribution in [0, 0.1) is 13.8 Å². The third-order valence-electron chi connectivity index (χ3n) is 4.03. The van der Waals surface area contributed by atoms with Gasteiger partial charge in [0.05, 0.1) is 17.2 Å². The summed E-state index contributed by atoms with van der Waals surface area (Å²) in [5.74, 6) is 0.797. The van der Waals surface area contributed by atoms with Crippen molar-refractivity contribution in [1.29, 1.82) is 0 Å². The maximum absolute atomic E-state index is 11.8. The zero-order valence-electron chi connectivity index (χ0n) is 19.2. The van der Waals surface area contributed by atoms with E-state index in [2.05, 4.69) is 32.9 Å². The Morgan fingerprint density at radius 2 is 1.84 bits per heavy atom. The molecule has 0 radical (unpaired) electrons. The fourth-order valence-electron chi connectivity index (χ4n) is 2.71. The van der Waals surface area contributed by atoms with E-state index in [1.165, 1.54) is 10.4 Å². The molecule has 0 spiro atoms. The molecule has 0 bridgehead atoms. The number of carbonyl (C=O) groups is 1. The monoisotopic (exact) mass is 559 g/mol. The number of rotatable bonds is 7. The molecule has 1 aromatic carbocycles. The largest absolute Gasteiger partial charge is 0.444 e. The van der Waals surface area contributed by atoms with Crippen LogP contribution in [0.2, 0.25) is 0 Å². The molecule has 0 saturated carbocycles. The minimum absolute atomic E-state index is 0. The van der Waals surface area contributed by atoms with Crippen LogP contribution in [0.25, 0.3) is 0 Å². The van der Waals surface area contributed by atoms with Gasteiger partial charge < -0.3 is 15.4 Å². The topological polar surface area (TPSA) is 87.6 Å². The van der Waals surface area contributed by atoms with Gasteiger partial charge in [0.25, 0.3) is 0 Å². The third-order valence-corrected chi connectivity index (χ3v) is 5.09. The zero-order chi connectivity index (χ0) is 22.1. The molecule has 1 amide bonds. The van der Waals surface area contributed by atoms with Crippen molar-refractivity contribution in [2.75, 3.05) is 18.4 Å². The van der Waals surface area contributed by atoms with Crippen molar-refractivity contribution in [3.63, 3.8) is 0 Å². The molecule has 0 aliphatic rings. The SMILES string of the molecule is CCNC(=NCc1sc(C)nc1C)NCCc1ccc(NC(=O)OC(C)(C)C)cc1.I. The van der Waals surface area contributed by atoms with Crippen molar-refractivity contribution in [1.82, 2.24) is 15.6 Å². The maximum atomic E-state index is 11.8. The predicted molar refractivity (Wildman–Crippen MR) is 140 cm³/mol. The van der Waals surface area contributed by atoms with Crippen LogP contribution in [0.15, 0.2) is 29.3 Å². The molecule has 31 heavy (non-hydrogen) atoms. The summed E-state index contributed by atoms with van der Waals surface area (Å²) in [5, 5.41) is 10.5. The van der Waals surface area contributed by atoms with Gasteiger partial charge in [-0.2, -0.15) is 0 Å². The number of halogens is 1. The van der Waals surface area contributed by atoms with Crippen LogP contribution >= 0.6 is 35.3 Å². The maximum Gasteiger partial charge on any atom is 0.412 e. The van der Waals surface area contributed by atoms with Crippen LogP contribution in [-0.4, -0.2) is 35.7 Å². The molecule has 0 aliphatic heterocycles. The Kier molecular flexibility index (Phi) is 11.3. The molecule has 0 saturated heterocycles. The summed E-state index contributed by atoms with van der Waals surface area (Å²) < 4.78 is 5.27. The molecule has 1 aromatic heterocycles. The molecule has 0 atom stereocenters. The van der Waals surface area contributed by atoms with Gasteiger partial charge in [-0.05, 0) is 65.7 Å². The van der Waals surface area contributed by atoms with Crippen LogP contribution in [-0.2, 0) is 17.7 Å². The first kappa shape index (κ1) is 27.2. The van der Waals surface area contributed by atoms with Crippen molar-refractivity contribution < 1.29 is 9.53 Å². The van der Waals surface area contributed by atoms with Gasteiger partial charge in [0.15, 0.2) is 5.96 Å². The zero-order valence-corrected chi connectivity index (χ0v) is 22.3. The Bertz CT molecular complexity index is 860. The summed E-state index contributed by atoms with van der Waals surface area (Å²) in [4.78, 5) is 22.2. The van der Waals surface area contributed by atoms with E-state index in [4.69, 9.17) is 4.74 Å². The number of hydrogen-bond acceptors (Lipinski definition) is 5. The smallest absolute Gasteiger partial charge is 0.412 e. The molecule has 3 N–H and O–H groups in total. The van der Waals surface area contributed by atoms with E-state index in [9.17, 15) is 4.79 Å². The van der Waals surface area contributed by atoms with Gasteiger partial charge >= 0.3 is 6.09 Å². The number of guanidine groups is 1. The number of hydrogen-bond donors (Lipinski definition) is 3. The minimum Gasteiger partial charge on any atom is -0.444 e. The van der Waals surface area contributed by atoms with E-state index in [-0.39, 0.29) is 24.0 Å². The van der Waals surface area contributed by atoms with E-state index in [0.29, 0.717) is 12.2 Å². The van der Waals surface area contributed by atoms with Crippen molar-refractivity contribution in [3.05, 3.63) is 45.4 Å². The summed E-state index contributed by atoms with van der Waals surface area (Å²) in [7, 11) is 0. The summed E-state index contributed by atoms with van der Waals surface area (Å²) in [6.45, 7) is 13.8. The molecular weight excluding hydrogens is 525 g/mol. The summed E-state index contributed by atoms with van der Waals surface area (Å²) in [5.41, 5.74) is 2.42. The predicted octanol–water partition coefficient (Wildman–Crippen LogP) is 5.02. The van der Waals surface area contributed by atoms with E-state index in [1.54, 1.807) is 11.3 Å². The van der Waals surface area contributed by atoms with Gasteiger partial charge in [-0.3, -0.25) is 5.32 Å². The van der Waals surface area contributed by atoms with E-state index < -0.39 is 11.7 Å². The first-order valence-electron chi connectivity index (χ1n) is 10.2. The Balaban J connectivity index is 0.00000480. The Hall–Kier alpha value is -1.88. The average Bonchev–Trinajstić information content (AvgIpc) is 2.96. The quantitative estimate of drug-likeness (QED) is 0.252. The van der Waals surface area contributed by atoms with Crippen molar-refractivity contribution >= 4 is 53.1 Å². The lowest BCUT2D eigenvalue weighted by Gasteiger charge is -2.19. The fraction of sp³-hybridized carbons (Fsp3) is 0.500. The van der Waals surface area contributed by atoms with Crippen LogP contribution in [0.1, 0.15) is 48.8 Å². The highest BCUT2D eigenvalue weighted by atomic mass is 127. The van der Waals surface area contributed by atoms with Crippen LogP contribution in [0.5, 0.6) is 0 Å². The van der Waals surface area contributed by atoms with Gasteiger partial charge in [-0.25, -0.2) is 14.8 Å². The molecule has 7 nitrogen and oxygen atoms in total. The van der Waals surface area contributed by atoms with Crippen molar-refractivity contribution in [2.45, 2.75) is 60.1 Å². The molecular formula is C22H34IN5O2S. The number of benzene rings is 1. The number of nitrogens with one attached hydrogen (secondary N) is 3. The highest BCUT2D eigenvalue weighted by molar-refractivity contribution is 14.0. The Morgan fingerprint density at radius 1 is 1.16 bits per heavy atom. The number of anilines is 1. The van der Waals surface area contributed by atoms with Crippen LogP contribution in [0.3, 0.4) is 0 Å². The average molecular weight is 560 g/mol. The number of carbonyl (C=O) groups excluding carboxylic acids is 1. The molecule has 0 fully saturated rings. The molecule has 9 heteroatoms. The van der Waals surface area contributed by atoms with Gasteiger partial charge in [0, 0.05) is 23.7 Å². The highest BCUT2D eigenvalue weighted by Gasteiger charge is 2.16. The molecule has 1 heterocycles. The highest BCUT2D eigenvalue weighted by Crippen LogP contribution is 2.18. The Labute approximate surface area is 206 Å². The molecule has 2 rings (SSSR count). The second kappa shape index (κ2) is 12.8. The first-order chi connectivity index (χ1) is 14.2. The number of aliphatic imine (C=N–C) groups is 1. The molecule has 0 aliphatic carbocycles. The number of amides is 1. The second-order valence-corrected chi connectivity index (χ2v) is 9.22. The van der Waals surface area contributed by atoms with E-state index in [0.717, 1.165) is 36.2 Å². The number of nitrogens with zero attached hydrogens (tertiary/aromatic N) is 2. The fourth-order valence-corrected chi connectivity index (χ4v) is 3.58. The number of ether oxygens (including phenoxy) is 1. The lowest BCUT2D eigenvalue weighted by molar-refractivity contribution is 0.0636. The summed E-state index contributed by atoms with van der Waals surface area (Å²) in [6.07, 6.45) is 0.394. The van der Waals surface area contributed by atoms with E-state index in [1.807, 2.05) is 58.9 Å². The standard InChI is InChI=1S/C22H33N5O2S.HI/c1-7-23-20(25-14-19-15(2)26-16(3)30-19)24-13-12-17-8-10-18(11-9-17)27-21(28)29-22(4,5)6;/h8-11H,7,12-14H2,1-6H3,(H,27,28)(H2,23,24,25);1H. The van der Waals surface area contributed by atoms with Crippen LogP contribution in [0.4, 0.5) is 10.5 Å². The summed E-state index contributed by atoms with van der Waals surface area (Å²) in [6, 6.07) is 7.77. The molecule has 0 unspecified atom stereocenters. The van der Waals surface area contributed by atoms with Gasteiger partial charge in [-0.1, -0.05) is 12.1 Å². The number of thiazole rings is 1. The first-order valence-corrected chi connectivity index (χ1v) is 11.0. The number of aryl methyl sites for hydroxylation is 2. The second-order valence-electron chi connectivity index (χ2n) is 7.94.